The molecule has 0 radical (unpaired) electrons. The van der Waals surface area contributed by atoms with Crippen molar-refractivity contribution in [1.82, 2.24) is 4.98 Å². The minimum Gasteiger partial charge on any atom is -0.319 e. The molecule has 0 bridgehead atoms. The quantitative estimate of drug-likeness (QED) is 0.884. The van der Waals surface area contributed by atoms with Gasteiger partial charge < -0.3 is 5.32 Å². The number of rotatable bonds is 3. The molecule has 20 heavy (non-hydrogen) atoms. The van der Waals surface area contributed by atoms with Gasteiger partial charge in [0.15, 0.2) is 0 Å². The van der Waals surface area contributed by atoms with E-state index in [2.05, 4.69) is 10.3 Å². The van der Waals surface area contributed by atoms with Gasteiger partial charge in [0.2, 0.25) is 0 Å². The van der Waals surface area contributed by atoms with Gasteiger partial charge in [-0.1, -0.05) is 23.7 Å². The number of amides is 1. The van der Waals surface area contributed by atoms with Crippen LogP contribution in [0.15, 0.2) is 47.5 Å². The van der Waals surface area contributed by atoms with Gasteiger partial charge in [-0.3, -0.25) is 4.79 Å². The first kappa shape index (κ1) is 14.4. The maximum atomic E-state index is 13.1. The number of pyridine rings is 1. The maximum Gasteiger partial charge on any atom is 0.334 e. The number of halogens is 2. The fourth-order valence-electron chi connectivity index (χ4n) is 1.48. The molecule has 0 unspecified atom stereocenters. The number of aromatic nitrogens is 1. The fraction of sp³-hybridized carbons (Fsp3) is 0. The molecule has 0 aliphatic heterocycles. The lowest BCUT2D eigenvalue weighted by molar-refractivity contribution is 0.102. The van der Waals surface area contributed by atoms with E-state index >= 15 is 0 Å². The minimum atomic E-state index is -4.92. The summed E-state index contributed by atoms with van der Waals surface area (Å²) in [5.74, 6) is -0.669. The number of hydrogen-bond donors (Lipinski definition) is 1. The molecule has 0 atom stereocenters. The second-order valence-electron chi connectivity index (χ2n) is 3.75. The summed E-state index contributed by atoms with van der Waals surface area (Å²) in [6.45, 7) is 0. The highest BCUT2D eigenvalue weighted by molar-refractivity contribution is 7.86. The first-order valence-corrected chi connectivity index (χ1v) is 7.10. The molecule has 2 rings (SSSR count). The van der Waals surface area contributed by atoms with Crippen molar-refractivity contribution in [3.8, 4) is 0 Å². The van der Waals surface area contributed by atoms with Crippen molar-refractivity contribution in [1.29, 1.82) is 0 Å². The molecule has 0 fully saturated rings. The van der Waals surface area contributed by atoms with E-state index in [9.17, 15) is 17.1 Å². The lowest BCUT2D eigenvalue weighted by Gasteiger charge is -2.07. The Morgan fingerprint density at radius 3 is 2.50 bits per heavy atom. The van der Waals surface area contributed by atoms with Crippen LogP contribution in [0.3, 0.4) is 0 Å². The Morgan fingerprint density at radius 2 is 1.90 bits per heavy atom. The van der Waals surface area contributed by atoms with Crippen LogP contribution >= 0.6 is 11.6 Å². The van der Waals surface area contributed by atoms with Crippen LogP contribution in [0.1, 0.15) is 10.5 Å². The van der Waals surface area contributed by atoms with E-state index in [0.29, 0.717) is 5.02 Å². The Balaban J connectivity index is 2.31. The van der Waals surface area contributed by atoms with Gasteiger partial charge in [0, 0.05) is 6.20 Å². The van der Waals surface area contributed by atoms with Gasteiger partial charge in [0.25, 0.3) is 5.91 Å². The van der Waals surface area contributed by atoms with Gasteiger partial charge in [0.1, 0.15) is 10.6 Å². The highest BCUT2D eigenvalue weighted by Crippen LogP contribution is 2.23. The van der Waals surface area contributed by atoms with E-state index in [4.69, 9.17) is 11.6 Å². The predicted molar refractivity (Wildman–Crippen MR) is 71.9 cm³/mol. The normalized spacial score (nSPS) is 11.1. The summed E-state index contributed by atoms with van der Waals surface area (Å²) in [6, 6.07) is 7.98. The highest BCUT2D eigenvalue weighted by Gasteiger charge is 2.18. The zero-order valence-corrected chi connectivity index (χ0v) is 11.5. The zero-order valence-electron chi connectivity index (χ0n) is 9.88. The highest BCUT2D eigenvalue weighted by atomic mass is 35.5. The summed E-state index contributed by atoms with van der Waals surface area (Å²) >= 11 is 5.64. The van der Waals surface area contributed by atoms with Crippen molar-refractivity contribution >= 4 is 33.4 Å². The van der Waals surface area contributed by atoms with Crippen molar-refractivity contribution in [3.63, 3.8) is 0 Å². The first-order valence-electron chi connectivity index (χ1n) is 5.34. The van der Waals surface area contributed by atoms with Crippen molar-refractivity contribution in [2.75, 3.05) is 5.32 Å². The monoisotopic (exact) mass is 314 g/mol. The average Bonchev–Trinajstić information content (AvgIpc) is 2.38. The summed E-state index contributed by atoms with van der Waals surface area (Å²) < 4.78 is 35.0. The first-order chi connectivity index (χ1) is 9.38. The molecule has 1 N–H and O–H groups in total. The Hall–Kier alpha value is -1.99. The molecule has 1 aromatic carbocycles. The molecule has 1 heterocycles. The van der Waals surface area contributed by atoms with Crippen LogP contribution in [0.25, 0.3) is 0 Å². The molecule has 0 spiro atoms. The maximum absolute atomic E-state index is 13.1. The van der Waals surface area contributed by atoms with Crippen LogP contribution in [0, 0.1) is 0 Å². The number of nitrogens with one attached hydrogen (secondary N) is 1. The largest absolute Gasteiger partial charge is 0.334 e. The molecule has 2 aromatic rings. The lowest BCUT2D eigenvalue weighted by atomic mass is 10.3. The van der Waals surface area contributed by atoms with Crippen LogP contribution in [0.5, 0.6) is 0 Å². The van der Waals surface area contributed by atoms with E-state index in [1.165, 1.54) is 36.5 Å². The lowest BCUT2D eigenvalue weighted by Crippen LogP contribution is -2.15. The molecular formula is C12H8ClFN2O3S. The van der Waals surface area contributed by atoms with Gasteiger partial charge in [-0.05, 0) is 24.3 Å². The van der Waals surface area contributed by atoms with E-state index in [1.807, 2.05) is 0 Å². The molecule has 8 heteroatoms. The van der Waals surface area contributed by atoms with Gasteiger partial charge in [-0.2, -0.15) is 8.42 Å². The van der Waals surface area contributed by atoms with E-state index < -0.39 is 21.0 Å². The Kier molecular flexibility index (Phi) is 4.01. The van der Waals surface area contributed by atoms with Gasteiger partial charge in [0.05, 0.1) is 10.7 Å². The summed E-state index contributed by atoms with van der Waals surface area (Å²) in [7, 11) is -4.92. The Labute approximate surface area is 119 Å². The van der Waals surface area contributed by atoms with Crippen LogP contribution in [-0.2, 0) is 10.2 Å². The van der Waals surface area contributed by atoms with Crippen molar-refractivity contribution in [2.45, 2.75) is 4.90 Å². The molecule has 0 aliphatic carbocycles. The summed E-state index contributed by atoms with van der Waals surface area (Å²) in [5, 5.41) is 2.64. The topological polar surface area (TPSA) is 76.1 Å². The number of para-hydroxylation sites is 1. The molecule has 0 saturated heterocycles. The summed E-state index contributed by atoms with van der Waals surface area (Å²) in [6.07, 6.45) is 1.27. The van der Waals surface area contributed by atoms with Crippen LogP contribution in [0.2, 0.25) is 5.02 Å². The van der Waals surface area contributed by atoms with Gasteiger partial charge in [-0.25, -0.2) is 4.98 Å². The SMILES string of the molecule is O=C(Nc1ccccc1S(=O)(=O)F)c1ccc(Cl)cn1. The second kappa shape index (κ2) is 5.56. The van der Waals surface area contributed by atoms with Gasteiger partial charge in [-0.15, -0.1) is 3.89 Å². The molecular weight excluding hydrogens is 307 g/mol. The minimum absolute atomic E-state index is 0.0282. The standard InChI is InChI=1S/C12H8ClFN2O3S/c13-8-5-6-10(15-7-8)12(17)16-9-3-1-2-4-11(9)20(14,18)19/h1-7H,(H,16,17). The smallest absolute Gasteiger partial charge is 0.319 e. The summed E-state index contributed by atoms with van der Waals surface area (Å²) in [4.78, 5) is 15.0. The van der Waals surface area contributed by atoms with E-state index in [0.717, 1.165) is 6.07 Å². The zero-order chi connectivity index (χ0) is 14.8. The molecule has 104 valence electrons. The molecule has 0 saturated carbocycles. The Morgan fingerprint density at radius 1 is 1.20 bits per heavy atom. The molecule has 1 aromatic heterocycles. The Bertz CT molecular complexity index is 748. The molecule has 5 nitrogen and oxygen atoms in total. The fourth-order valence-corrected chi connectivity index (χ4v) is 2.21. The number of carbonyl (C=O) groups excluding carboxylic acids is 1. The van der Waals surface area contributed by atoms with Crippen LogP contribution in [-0.4, -0.2) is 19.3 Å². The average molecular weight is 315 g/mol. The third kappa shape index (κ3) is 3.31. The van der Waals surface area contributed by atoms with Crippen molar-refractivity contribution < 1.29 is 17.1 Å². The van der Waals surface area contributed by atoms with Crippen LogP contribution < -0.4 is 5.32 Å². The van der Waals surface area contributed by atoms with Gasteiger partial charge >= 0.3 is 10.2 Å². The van der Waals surface area contributed by atoms with E-state index in [-0.39, 0.29) is 11.4 Å². The molecule has 0 aliphatic rings. The number of anilines is 1. The number of hydrogen-bond acceptors (Lipinski definition) is 4. The second-order valence-corrected chi connectivity index (χ2v) is 5.50. The third-order valence-corrected chi connectivity index (χ3v) is 3.46. The number of carbonyl (C=O) groups is 1. The van der Waals surface area contributed by atoms with Crippen molar-refractivity contribution in [2.24, 2.45) is 0 Å². The summed E-state index contributed by atoms with van der Waals surface area (Å²) in [5.41, 5.74) is -0.128. The van der Waals surface area contributed by atoms with Crippen molar-refractivity contribution in [3.05, 3.63) is 53.3 Å². The number of nitrogens with zero attached hydrogens (tertiary/aromatic N) is 1. The predicted octanol–water partition coefficient (Wildman–Crippen LogP) is 2.65. The third-order valence-electron chi connectivity index (χ3n) is 2.36. The number of benzene rings is 1. The van der Waals surface area contributed by atoms with E-state index in [1.54, 1.807) is 0 Å². The van der Waals surface area contributed by atoms with Crippen LogP contribution in [0.4, 0.5) is 9.57 Å². The molecule has 1 amide bonds.